The summed E-state index contributed by atoms with van der Waals surface area (Å²) in [5.74, 6) is -0.529. The van der Waals surface area contributed by atoms with Gasteiger partial charge in [-0.05, 0) is 72.7 Å². The molecule has 232 valence electrons. The second-order valence-corrected chi connectivity index (χ2v) is 12.3. The molecule has 2 amide bonds. The van der Waals surface area contributed by atoms with Gasteiger partial charge in [-0.15, -0.1) is 0 Å². The van der Waals surface area contributed by atoms with Crippen LogP contribution in [0.15, 0.2) is 97.1 Å². The summed E-state index contributed by atoms with van der Waals surface area (Å²) >= 11 is 0. The molecule has 4 N–H and O–H groups in total. The molecule has 0 bridgehead atoms. The molecule has 0 aliphatic carbocycles. The number of nitrogens with one attached hydrogen (secondary N) is 2. The zero-order chi connectivity index (χ0) is 32.0. The summed E-state index contributed by atoms with van der Waals surface area (Å²) in [6.45, 7) is 5.07. The minimum Gasteiger partial charge on any atom is -0.461 e. The van der Waals surface area contributed by atoms with E-state index in [2.05, 4.69) is 5.32 Å². The monoisotopic (exact) mass is 604 g/mol. The summed E-state index contributed by atoms with van der Waals surface area (Å²) in [6.07, 6.45) is 1.74. The number of carbonyl (C=O) groups excluding carboxylic acids is 3. The van der Waals surface area contributed by atoms with Crippen LogP contribution in [0.3, 0.4) is 0 Å². The minimum absolute atomic E-state index is 0.0574. The number of nitrogens with zero attached hydrogens (tertiary/aromatic N) is 1. The number of hydrogen-bond acceptors (Lipinski definition) is 5. The summed E-state index contributed by atoms with van der Waals surface area (Å²) in [5, 5.41) is 12.9. The van der Waals surface area contributed by atoms with Crippen molar-refractivity contribution in [2.45, 2.75) is 45.8 Å². The number of carbonyl (C=O) groups is 3. The molecule has 1 aliphatic heterocycles. The summed E-state index contributed by atoms with van der Waals surface area (Å²) in [7, 11) is 0. The van der Waals surface area contributed by atoms with Gasteiger partial charge in [0.15, 0.2) is 0 Å². The van der Waals surface area contributed by atoms with E-state index >= 15 is 0 Å². The maximum Gasteiger partial charge on any atom is 0.306 e. The Morgan fingerprint density at radius 3 is 2.18 bits per heavy atom. The molecule has 0 aromatic heterocycles. The first-order valence-corrected chi connectivity index (χ1v) is 15.3. The van der Waals surface area contributed by atoms with Crippen LogP contribution in [0.1, 0.15) is 66.2 Å². The van der Waals surface area contributed by atoms with Crippen LogP contribution in [0.2, 0.25) is 0 Å². The predicted molar refractivity (Wildman–Crippen MR) is 176 cm³/mol. The zero-order valence-electron chi connectivity index (χ0n) is 25.8. The van der Waals surface area contributed by atoms with Crippen LogP contribution in [-0.2, 0) is 20.9 Å². The summed E-state index contributed by atoms with van der Waals surface area (Å²) in [6, 6.07) is 29.5. The standard InChI is InChI=1S/C37H40N4O4/c1-37(2,36(44)41-20-18-25(19-21-41)22-32(42)45-24-26-8-4-3-5-9-26)33(31-17-12-27-10-6-7-11-30(27)23-31)40-35(43)29-15-13-28(14-16-29)34(38)39/h3-17,23,25,33H,18-22,24H2,1-2H3,(H3,38,39)(H,40,43). The molecule has 0 spiro atoms. The Balaban J connectivity index is 1.29. The molecule has 4 aromatic carbocycles. The van der Waals surface area contributed by atoms with E-state index in [-0.39, 0.29) is 36.1 Å². The van der Waals surface area contributed by atoms with Gasteiger partial charge in [0, 0.05) is 30.6 Å². The van der Waals surface area contributed by atoms with E-state index in [9.17, 15) is 14.4 Å². The Kier molecular flexibility index (Phi) is 9.62. The van der Waals surface area contributed by atoms with Gasteiger partial charge < -0.3 is 20.7 Å². The molecule has 4 aromatic rings. The molecule has 1 heterocycles. The lowest BCUT2D eigenvalue weighted by Gasteiger charge is -2.41. The number of piperidine rings is 1. The zero-order valence-corrected chi connectivity index (χ0v) is 25.8. The Hall–Kier alpha value is -4.98. The van der Waals surface area contributed by atoms with Crippen molar-refractivity contribution in [3.63, 3.8) is 0 Å². The summed E-state index contributed by atoms with van der Waals surface area (Å²) < 4.78 is 5.49. The van der Waals surface area contributed by atoms with Gasteiger partial charge in [-0.25, -0.2) is 0 Å². The molecule has 8 heteroatoms. The van der Waals surface area contributed by atoms with Crippen LogP contribution in [0.4, 0.5) is 0 Å². The van der Waals surface area contributed by atoms with Crippen molar-refractivity contribution >= 4 is 34.4 Å². The van der Waals surface area contributed by atoms with Crippen molar-refractivity contribution < 1.29 is 19.1 Å². The number of amidine groups is 1. The fourth-order valence-electron chi connectivity index (χ4n) is 5.99. The number of nitrogens with two attached hydrogens (primary N) is 1. The number of nitrogen functional groups attached to an aromatic ring is 1. The van der Waals surface area contributed by atoms with E-state index in [4.69, 9.17) is 15.9 Å². The Bertz CT molecular complexity index is 1680. The van der Waals surface area contributed by atoms with Crippen LogP contribution in [0, 0.1) is 16.7 Å². The minimum atomic E-state index is -0.987. The van der Waals surface area contributed by atoms with Gasteiger partial charge >= 0.3 is 5.97 Å². The number of benzene rings is 4. The second-order valence-electron chi connectivity index (χ2n) is 12.3. The molecule has 1 saturated heterocycles. The number of likely N-dealkylation sites (tertiary alicyclic amines) is 1. The first-order valence-electron chi connectivity index (χ1n) is 15.3. The highest BCUT2D eigenvalue weighted by molar-refractivity contribution is 5.98. The third-order valence-electron chi connectivity index (χ3n) is 8.71. The van der Waals surface area contributed by atoms with E-state index in [1.54, 1.807) is 24.3 Å². The van der Waals surface area contributed by atoms with Crippen LogP contribution >= 0.6 is 0 Å². The Morgan fingerprint density at radius 2 is 1.51 bits per heavy atom. The molecular weight excluding hydrogens is 564 g/mol. The molecule has 0 radical (unpaired) electrons. The van der Waals surface area contributed by atoms with E-state index in [0.29, 0.717) is 43.5 Å². The molecule has 45 heavy (non-hydrogen) atoms. The number of fused-ring (bicyclic) bond motifs is 1. The quantitative estimate of drug-likeness (QED) is 0.116. The molecule has 8 nitrogen and oxygen atoms in total. The number of ether oxygens (including phenoxy) is 1. The van der Waals surface area contributed by atoms with Crippen LogP contribution < -0.4 is 11.1 Å². The van der Waals surface area contributed by atoms with Crippen molar-refractivity contribution in [2.24, 2.45) is 17.1 Å². The van der Waals surface area contributed by atoms with Gasteiger partial charge in [0.1, 0.15) is 12.4 Å². The second kappa shape index (κ2) is 13.8. The number of amides is 2. The first kappa shape index (κ1) is 31.4. The predicted octanol–water partition coefficient (Wildman–Crippen LogP) is 5.99. The van der Waals surface area contributed by atoms with Gasteiger partial charge in [-0.3, -0.25) is 19.8 Å². The largest absolute Gasteiger partial charge is 0.461 e. The van der Waals surface area contributed by atoms with Gasteiger partial charge in [0.2, 0.25) is 5.91 Å². The number of hydrogen-bond donors (Lipinski definition) is 3. The highest BCUT2D eigenvalue weighted by Crippen LogP contribution is 2.38. The lowest BCUT2D eigenvalue weighted by Crippen LogP contribution is -2.51. The average Bonchev–Trinajstić information content (AvgIpc) is 3.06. The maximum atomic E-state index is 14.2. The maximum absolute atomic E-state index is 14.2. The van der Waals surface area contributed by atoms with Crippen LogP contribution in [0.25, 0.3) is 10.8 Å². The third-order valence-corrected chi connectivity index (χ3v) is 8.71. The Morgan fingerprint density at radius 1 is 0.889 bits per heavy atom. The normalized spacial score (nSPS) is 14.5. The smallest absolute Gasteiger partial charge is 0.306 e. The number of rotatable bonds is 10. The van der Waals surface area contributed by atoms with Crippen LogP contribution in [0.5, 0.6) is 0 Å². The average molecular weight is 605 g/mol. The highest BCUT2D eigenvalue weighted by atomic mass is 16.5. The molecule has 1 atom stereocenters. The molecule has 5 rings (SSSR count). The summed E-state index contributed by atoms with van der Waals surface area (Å²) in [4.78, 5) is 42.1. The van der Waals surface area contributed by atoms with Gasteiger partial charge in [0.25, 0.3) is 5.91 Å². The molecule has 1 aliphatic rings. The van der Waals surface area contributed by atoms with Gasteiger partial charge in [-0.2, -0.15) is 0 Å². The fraction of sp³-hybridized carbons (Fsp3) is 0.297. The van der Waals surface area contributed by atoms with Crippen molar-refractivity contribution in [3.8, 4) is 0 Å². The first-order chi connectivity index (χ1) is 21.6. The van der Waals surface area contributed by atoms with Gasteiger partial charge in [0.05, 0.1) is 11.5 Å². The topological polar surface area (TPSA) is 126 Å². The Labute approximate surface area is 264 Å². The van der Waals surface area contributed by atoms with Crippen molar-refractivity contribution in [1.82, 2.24) is 10.2 Å². The van der Waals surface area contributed by atoms with E-state index < -0.39 is 11.5 Å². The van der Waals surface area contributed by atoms with Crippen LogP contribution in [-0.4, -0.2) is 41.6 Å². The highest BCUT2D eigenvalue weighted by Gasteiger charge is 2.42. The van der Waals surface area contributed by atoms with Crippen molar-refractivity contribution in [2.75, 3.05) is 13.1 Å². The number of esters is 1. The SMILES string of the molecule is CC(C)(C(=O)N1CCC(CC(=O)OCc2ccccc2)CC1)C(NC(=O)c1ccc(C(=N)N)cc1)c1ccc2ccccc2c1. The van der Waals surface area contributed by atoms with E-state index in [1.807, 2.05) is 91.5 Å². The summed E-state index contributed by atoms with van der Waals surface area (Å²) in [5.41, 5.74) is 7.33. The van der Waals surface area contributed by atoms with Gasteiger partial charge in [-0.1, -0.05) is 78.9 Å². The molecule has 1 unspecified atom stereocenters. The third kappa shape index (κ3) is 7.58. The van der Waals surface area contributed by atoms with E-state index in [0.717, 1.165) is 21.9 Å². The molecule has 0 saturated carbocycles. The van der Waals surface area contributed by atoms with Crippen molar-refractivity contribution in [1.29, 1.82) is 5.41 Å². The van der Waals surface area contributed by atoms with Crippen molar-refractivity contribution in [3.05, 3.63) is 119 Å². The van der Waals surface area contributed by atoms with E-state index in [1.165, 1.54) is 0 Å². The fourth-order valence-corrected chi connectivity index (χ4v) is 5.99. The lowest BCUT2D eigenvalue weighted by molar-refractivity contribution is -0.147. The molecular formula is C37H40N4O4. The molecule has 1 fully saturated rings. The lowest BCUT2D eigenvalue weighted by atomic mass is 9.77.